The van der Waals surface area contributed by atoms with Crippen LogP contribution in [0, 0.1) is 20.8 Å². The van der Waals surface area contributed by atoms with E-state index in [1.807, 2.05) is 0 Å². The summed E-state index contributed by atoms with van der Waals surface area (Å²) in [4.78, 5) is -0.377. The molecule has 31 heavy (non-hydrogen) atoms. The lowest BCUT2D eigenvalue weighted by Crippen LogP contribution is -2.38. The lowest BCUT2D eigenvalue weighted by Gasteiger charge is -2.27. The third-order valence-corrected chi connectivity index (χ3v) is 8.92. The number of nitrogens with zero attached hydrogens (tertiary/aromatic N) is 1. The Hall–Kier alpha value is -3.04. The van der Waals surface area contributed by atoms with Crippen LogP contribution in [0.15, 0.2) is 70.5 Å². The Labute approximate surface area is 182 Å². The highest BCUT2D eigenvalue weighted by molar-refractivity contribution is 8.10. The molecule has 3 aromatic rings. The van der Waals surface area contributed by atoms with Crippen LogP contribution in [0.2, 0.25) is 0 Å². The first-order valence-electron chi connectivity index (χ1n) is 9.30. The molecule has 0 saturated heterocycles. The molecule has 0 aliphatic carbocycles. The maximum absolute atomic E-state index is 13.7. The van der Waals surface area contributed by atoms with Crippen LogP contribution in [-0.2, 0) is 20.0 Å². The smallest absolute Gasteiger partial charge is 0.277 e. The second-order valence-corrected chi connectivity index (χ2v) is 10.9. The van der Waals surface area contributed by atoms with E-state index in [-0.39, 0.29) is 21.2 Å². The highest BCUT2D eigenvalue weighted by Crippen LogP contribution is 2.37. The van der Waals surface area contributed by atoms with Gasteiger partial charge in [0.2, 0.25) is 0 Å². The average Bonchev–Trinajstić information content (AvgIpc) is 2.70. The Kier molecular flexibility index (Phi) is 6.02. The minimum Gasteiger partial charge on any atom is -0.508 e. The van der Waals surface area contributed by atoms with Crippen molar-refractivity contribution in [3.05, 3.63) is 77.4 Å². The van der Waals surface area contributed by atoms with Crippen LogP contribution in [-0.4, -0.2) is 29.1 Å². The van der Waals surface area contributed by atoms with Crippen LogP contribution >= 0.6 is 0 Å². The molecule has 9 heteroatoms. The van der Waals surface area contributed by atoms with Crippen molar-refractivity contribution in [1.29, 1.82) is 0 Å². The summed E-state index contributed by atoms with van der Waals surface area (Å²) in [5.41, 5.74) is 1.39. The van der Waals surface area contributed by atoms with E-state index in [4.69, 9.17) is 4.74 Å². The van der Waals surface area contributed by atoms with Gasteiger partial charge >= 0.3 is 0 Å². The van der Waals surface area contributed by atoms with Crippen molar-refractivity contribution in [2.75, 3.05) is 10.8 Å². The molecule has 0 amide bonds. The number of rotatable bonds is 6. The molecule has 0 aromatic heterocycles. The molecule has 7 nitrogen and oxygen atoms in total. The molecule has 0 fully saturated rings. The molecule has 0 unspecified atom stereocenters. The molecule has 1 N–H and O–H groups in total. The van der Waals surface area contributed by atoms with Crippen molar-refractivity contribution in [3.63, 3.8) is 0 Å². The second kappa shape index (κ2) is 8.24. The Balaban J connectivity index is 2.33. The first-order valence-corrected chi connectivity index (χ1v) is 12.2. The van der Waals surface area contributed by atoms with Gasteiger partial charge in [-0.3, -0.25) is 0 Å². The molecule has 3 rings (SSSR count). The van der Waals surface area contributed by atoms with E-state index in [1.54, 1.807) is 32.9 Å². The zero-order valence-electron chi connectivity index (χ0n) is 17.5. The number of anilines is 1. The summed E-state index contributed by atoms with van der Waals surface area (Å²) in [6.07, 6.45) is 0. The molecule has 0 heterocycles. The van der Waals surface area contributed by atoms with E-state index in [9.17, 15) is 21.9 Å². The number of methoxy groups -OCH3 is 1. The minimum absolute atomic E-state index is 0.0332. The van der Waals surface area contributed by atoms with Gasteiger partial charge in [0, 0.05) is 0 Å². The largest absolute Gasteiger partial charge is 0.508 e. The number of phenols is 1. The number of sulfonamides is 2. The van der Waals surface area contributed by atoms with Crippen LogP contribution in [0.3, 0.4) is 0 Å². The predicted molar refractivity (Wildman–Crippen MR) is 119 cm³/mol. The molecular weight excluding hydrogens is 438 g/mol. The Morgan fingerprint density at radius 1 is 0.742 bits per heavy atom. The number of hydrogen-bond acceptors (Lipinski definition) is 6. The summed E-state index contributed by atoms with van der Waals surface area (Å²) >= 11 is 0. The van der Waals surface area contributed by atoms with Gasteiger partial charge < -0.3 is 9.84 Å². The molecule has 0 radical (unpaired) electrons. The van der Waals surface area contributed by atoms with Crippen LogP contribution in [0.4, 0.5) is 5.69 Å². The molecule has 0 atom stereocenters. The summed E-state index contributed by atoms with van der Waals surface area (Å²) < 4.78 is 60.1. The Bertz CT molecular complexity index is 1290. The number of phenolic OH excluding ortho intramolecular Hbond substituents is 1. The van der Waals surface area contributed by atoms with E-state index in [1.165, 1.54) is 55.6 Å². The standard InChI is InChI=1S/C22H23NO6S2/c1-15-5-9-20(10-6-15)30(25,26)23(22-16(2)13-18(24)14-17(22)3)31(27,28)21-11-7-19(29-4)8-12-21/h5-14,24H,1-4H3. The van der Waals surface area contributed by atoms with Crippen LogP contribution in [0.5, 0.6) is 11.5 Å². The maximum Gasteiger partial charge on any atom is 0.277 e. The zero-order valence-corrected chi connectivity index (χ0v) is 19.2. The second-order valence-electron chi connectivity index (χ2n) is 7.12. The SMILES string of the molecule is COc1ccc(S(=O)(=O)N(c2c(C)cc(O)cc2C)S(=O)(=O)c2ccc(C)cc2)cc1. The molecule has 0 bridgehead atoms. The number of ether oxygens (including phenoxy) is 1. The summed E-state index contributed by atoms with van der Waals surface area (Å²) in [7, 11) is -7.62. The van der Waals surface area contributed by atoms with Gasteiger partial charge in [-0.05, 0) is 80.4 Å². The summed E-state index contributed by atoms with van der Waals surface area (Å²) in [5.74, 6) is 0.345. The monoisotopic (exact) mass is 461 g/mol. The predicted octanol–water partition coefficient (Wildman–Crippen LogP) is 3.91. The van der Waals surface area contributed by atoms with Crippen LogP contribution in [0.1, 0.15) is 16.7 Å². The number of benzene rings is 3. The van der Waals surface area contributed by atoms with Gasteiger partial charge in [-0.25, -0.2) is 16.8 Å². The first kappa shape index (κ1) is 22.6. The average molecular weight is 462 g/mol. The lowest BCUT2D eigenvalue weighted by molar-refractivity contribution is 0.414. The molecule has 0 saturated carbocycles. The van der Waals surface area contributed by atoms with E-state index >= 15 is 0 Å². The van der Waals surface area contributed by atoms with Crippen molar-refractivity contribution < 1.29 is 26.7 Å². The lowest BCUT2D eigenvalue weighted by atomic mass is 10.1. The Morgan fingerprint density at radius 2 is 1.16 bits per heavy atom. The molecule has 0 spiro atoms. The van der Waals surface area contributed by atoms with E-state index in [0.29, 0.717) is 20.6 Å². The van der Waals surface area contributed by atoms with E-state index in [2.05, 4.69) is 0 Å². The van der Waals surface area contributed by atoms with Gasteiger partial charge in [0.25, 0.3) is 20.0 Å². The Morgan fingerprint density at radius 3 is 1.58 bits per heavy atom. The zero-order chi connectivity index (χ0) is 23.0. The summed E-state index contributed by atoms with van der Waals surface area (Å²) in [6.45, 7) is 4.89. The van der Waals surface area contributed by atoms with Crippen molar-refractivity contribution in [3.8, 4) is 11.5 Å². The van der Waals surface area contributed by atoms with Crippen molar-refractivity contribution >= 4 is 25.7 Å². The fourth-order valence-electron chi connectivity index (χ4n) is 3.24. The van der Waals surface area contributed by atoms with E-state index < -0.39 is 20.0 Å². The maximum atomic E-state index is 13.7. The number of aromatic hydroxyl groups is 1. The van der Waals surface area contributed by atoms with Gasteiger partial charge in [-0.15, -0.1) is 0 Å². The molecule has 0 aliphatic rings. The van der Waals surface area contributed by atoms with Crippen LogP contribution < -0.4 is 8.45 Å². The van der Waals surface area contributed by atoms with Crippen molar-refractivity contribution in [2.24, 2.45) is 0 Å². The van der Waals surface area contributed by atoms with Gasteiger partial charge in [-0.2, -0.15) is 3.71 Å². The molecule has 0 aliphatic heterocycles. The molecular formula is C22H23NO6S2. The fraction of sp³-hybridized carbons (Fsp3) is 0.182. The van der Waals surface area contributed by atoms with Gasteiger partial charge in [0.15, 0.2) is 0 Å². The van der Waals surface area contributed by atoms with Gasteiger partial charge in [0.1, 0.15) is 11.5 Å². The van der Waals surface area contributed by atoms with Crippen molar-refractivity contribution in [2.45, 2.75) is 30.6 Å². The normalized spacial score (nSPS) is 11.9. The third kappa shape index (κ3) is 4.24. The number of hydrogen-bond donors (Lipinski definition) is 1. The van der Waals surface area contributed by atoms with Crippen LogP contribution in [0.25, 0.3) is 0 Å². The summed E-state index contributed by atoms with van der Waals surface area (Å²) in [5, 5.41) is 9.90. The fourth-order valence-corrected chi connectivity index (χ4v) is 7.19. The first-order chi connectivity index (χ1) is 14.5. The highest BCUT2D eigenvalue weighted by Gasteiger charge is 2.38. The topological polar surface area (TPSA) is 101 Å². The number of aryl methyl sites for hydroxylation is 3. The molecule has 164 valence electrons. The van der Waals surface area contributed by atoms with Gasteiger partial charge in [0.05, 0.1) is 22.6 Å². The quantitative estimate of drug-likeness (QED) is 0.597. The van der Waals surface area contributed by atoms with E-state index in [0.717, 1.165) is 5.56 Å². The summed E-state index contributed by atoms with van der Waals surface area (Å²) in [6, 6.07) is 14.0. The van der Waals surface area contributed by atoms with Crippen molar-refractivity contribution in [1.82, 2.24) is 0 Å². The third-order valence-electron chi connectivity index (χ3n) is 4.77. The highest BCUT2D eigenvalue weighted by atomic mass is 32.3. The molecule has 3 aromatic carbocycles. The minimum atomic E-state index is -4.54. The van der Waals surface area contributed by atoms with Gasteiger partial charge in [-0.1, -0.05) is 17.7 Å².